The van der Waals surface area contributed by atoms with Crippen molar-refractivity contribution in [3.8, 4) is 0 Å². The van der Waals surface area contributed by atoms with Gasteiger partial charge >= 0.3 is 5.97 Å². The van der Waals surface area contributed by atoms with Gasteiger partial charge in [0.2, 0.25) is 0 Å². The van der Waals surface area contributed by atoms with Crippen molar-refractivity contribution in [2.24, 2.45) is 5.41 Å². The van der Waals surface area contributed by atoms with Gasteiger partial charge in [-0.1, -0.05) is 0 Å². The maximum absolute atomic E-state index is 11.7. The Morgan fingerprint density at radius 2 is 1.84 bits per heavy atom. The molecule has 1 aliphatic carbocycles. The van der Waals surface area contributed by atoms with E-state index in [2.05, 4.69) is 0 Å². The molecule has 1 fully saturated rings. The molecular weight excluding hydrogens is 293 g/mol. The van der Waals surface area contributed by atoms with Gasteiger partial charge in [0.25, 0.3) is 0 Å². The van der Waals surface area contributed by atoms with E-state index >= 15 is 0 Å². The summed E-state index contributed by atoms with van der Waals surface area (Å²) in [5.41, 5.74) is -1.24. The molecular formula is C12H15Cl2NO4. The Bertz CT molecular complexity index is 468. The maximum Gasteiger partial charge on any atom is 0.315 e. The maximum atomic E-state index is 11.7. The summed E-state index contributed by atoms with van der Waals surface area (Å²) in [6.45, 7) is 3.66. The van der Waals surface area contributed by atoms with Gasteiger partial charge in [-0.3, -0.25) is 9.59 Å². The lowest BCUT2D eigenvalue weighted by molar-refractivity contribution is -0.149. The van der Waals surface area contributed by atoms with Crippen molar-refractivity contribution in [2.75, 3.05) is 6.61 Å². The summed E-state index contributed by atoms with van der Waals surface area (Å²) in [6.07, 6.45) is 0.273. The number of carbonyl (C=O) groups is 2. The minimum atomic E-state index is -1.15. The van der Waals surface area contributed by atoms with Crippen LogP contribution in [0.4, 0.5) is 0 Å². The molecule has 1 saturated carbocycles. The molecule has 0 heterocycles. The van der Waals surface area contributed by atoms with Crippen LogP contribution in [0, 0.1) is 10.8 Å². The lowest BCUT2D eigenvalue weighted by atomic mass is 10.1. The highest BCUT2D eigenvalue weighted by molar-refractivity contribution is 6.53. The van der Waals surface area contributed by atoms with Gasteiger partial charge in [-0.25, -0.2) is 0 Å². The zero-order valence-electron chi connectivity index (χ0n) is 10.8. The summed E-state index contributed by atoms with van der Waals surface area (Å²) in [6, 6.07) is 0. The van der Waals surface area contributed by atoms with Gasteiger partial charge in [-0.05, 0) is 20.8 Å². The largest absolute Gasteiger partial charge is 0.508 e. The van der Waals surface area contributed by atoms with Crippen molar-refractivity contribution in [3.63, 3.8) is 0 Å². The predicted octanol–water partition coefficient (Wildman–Crippen LogP) is 2.55. The number of nitrogens with one attached hydrogen (secondary N) is 1. The number of aliphatic hydroxyl groups is 1. The topological polar surface area (TPSA) is 87.5 Å². The average molecular weight is 308 g/mol. The summed E-state index contributed by atoms with van der Waals surface area (Å²) in [5.74, 6) is -1.57. The van der Waals surface area contributed by atoms with E-state index in [0.29, 0.717) is 0 Å². The highest BCUT2D eigenvalue weighted by Gasteiger charge is 2.69. The first-order valence-corrected chi connectivity index (χ1v) is 6.32. The molecule has 5 nitrogen and oxygen atoms in total. The lowest BCUT2D eigenvalue weighted by Crippen LogP contribution is -2.23. The molecule has 19 heavy (non-hydrogen) atoms. The van der Waals surface area contributed by atoms with E-state index in [-0.39, 0.29) is 17.7 Å². The minimum absolute atomic E-state index is 0.0947. The molecule has 0 radical (unpaired) electrons. The van der Waals surface area contributed by atoms with E-state index in [1.165, 1.54) is 13.8 Å². The molecule has 1 aliphatic rings. The van der Waals surface area contributed by atoms with Gasteiger partial charge in [0, 0.05) is 12.1 Å². The molecule has 1 rings (SSSR count). The monoisotopic (exact) mass is 307 g/mol. The molecule has 0 bridgehead atoms. The minimum Gasteiger partial charge on any atom is -0.508 e. The number of hydrogen-bond donors (Lipinski definition) is 2. The van der Waals surface area contributed by atoms with Crippen molar-refractivity contribution in [2.45, 2.75) is 31.5 Å². The van der Waals surface area contributed by atoms with Crippen LogP contribution < -0.4 is 0 Å². The first kappa shape index (κ1) is 16.0. The SMILES string of the molecule is CC(=N)/C(C(C)=O)=C(/O)COC(=O)C1(C)CC1(Cl)Cl. The fraction of sp³-hybridized carbons (Fsp3) is 0.583. The zero-order valence-corrected chi connectivity index (χ0v) is 12.4. The summed E-state index contributed by atoms with van der Waals surface area (Å²) < 4.78 is 3.73. The number of ether oxygens (including phenoxy) is 1. The normalized spacial score (nSPS) is 25.3. The number of ketones is 1. The van der Waals surface area contributed by atoms with Crippen molar-refractivity contribution in [1.82, 2.24) is 0 Å². The molecule has 106 valence electrons. The Hall–Kier alpha value is -1.07. The second-order valence-corrected chi connectivity index (χ2v) is 6.28. The highest BCUT2D eigenvalue weighted by Crippen LogP contribution is 2.64. The number of allylic oxidation sites excluding steroid dienone is 1. The Morgan fingerprint density at radius 1 is 1.37 bits per heavy atom. The van der Waals surface area contributed by atoms with E-state index in [0.717, 1.165) is 0 Å². The van der Waals surface area contributed by atoms with Crippen LogP contribution in [0.1, 0.15) is 27.2 Å². The van der Waals surface area contributed by atoms with Crippen molar-refractivity contribution in [1.29, 1.82) is 5.41 Å². The van der Waals surface area contributed by atoms with Crippen LogP contribution in [0.3, 0.4) is 0 Å². The molecule has 1 unspecified atom stereocenters. The van der Waals surface area contributed by atoms with Crippen molar-refractivity contribution < 1.29 is 19.4 Å². The Labute approximate surface area is 121 Å². The van der Waals surface area contributed by atoms with Gasteiger partial charge in [-0.15, -0.1) is 23.2 Å². The van der Waals surface area contributed by atoms with Crippen LogP contribution in [-0.4, -0.2) is 33.5 Å². The molecule has 1 atom stereocenters. The van der Waals surface area contributed by atoms with Crippen molar-refractivity contribution in [3.05, 3.63) is 11.3 Å². The number of alkyl halides is 2. The van der Waals surface area contributed by atoms with E-state index in [4.69, 9.17) is 33.3 Å². The van der Waals surface area contributed by atoms with Crippen LogP contribution in [0.25, 0.3) is 0 Å². The van der Waals surface area contributed by atoms with E-state index < -0.39 is 33.9 Å². The second-order valence-electron chi connectivity index (χ2n) is 4.79. The number of Topliss-reactive ketones (excluding diaryl/α,β-unsaturated/α-hetero) is 1. The van der Waals surface area contributed by atoms with Crippen LogP contribution in [0.15, 0.2) is 11.3 Å². The first-order chi connectivity index (χ1) is 8.53. The van der Waals surface area contributed by atoms with Crippen LogP contribution in [0.5, 0.6) is 0 Å². The Balaban J connectivity index is 2.72. The summed E-state index contributed by atoms with van der Waals surface area (Å²) in [7, 11) is 0. The third-order valence-corrected chi connectivity index (χ3v) is 4.17. The summed E-state index contributed by atoms with van der Waals surface area (Å²) in [4.78, 5) is 23.0. The smallest absolute Gasteiger partial charge is 0.315 e. The number of aliphatic hydroxyl groups excluding tert-OH is 1. The standard InChI is InChI=1S/C12H15Cl2NO4/c1-6(15)9(7(2)16)8(17)4-19-10(18)11(3)5-12(11,13)14/h15,17H,4-5H2,1-3H3/b9-8-,15-6?. The van der Waals surface area contributed by atoms with Gasteiger partial charge in [0.1, 0.15) is 22.1 Å². The predicted molar refractivity (Wildman–Crippen MR) is 71.9 cm³/mol. The van der Waals surface area contributed by atoms with Crippen LogP contribution in [-0.2, 0) is 14.3 Å². The van der Waals surface area contributed by atoms with Gasteiger partial charge in [0.05, 0.1) is 5.57 Å². The molecule has 0 aromatic rings. The molecule has 0 spiro atoms. The Kier molecular flexibility index (Phi) is 4.32. The van der Waals surface area contributed by atoms with Crippen LogP contribution in [0.2, 0.25) is 0 Å². The summed E-state index contributed by atoms with van der Waals surface area (Å²) >= 11 is 11.6. The van der Waals surface area contributed by atoms with Crippen LogP contribution >= 0.6 is 23.2 Å². The molecule has 7 heteroatoms. The molecule has 0 aliphatic heterocycles. The number of carbonyl (C=O) groups excluding carboxylic acids is 2. The third-order valence-electron chi connectivity index (χ3n) is 3.06. The van der Waals surface area contributed by atoms with Gasteiger partial charge in [-0.2, -0.15) is 0 Å². The lowest BCUT2D eigenvalue weighted by Gasteiger charge is -2.12. The zero-order chi connectivity index (χ0) is 15.0. The number of hydrogen-bond acceptors (Lipinski definition) is 5. The molecule has 0 aromatic carbocycles. The number of halogens is 2. The average Bonchev–Trinajstić information content (AvgIpc) is 2.75. The second kappa shape index (κ2) is 5.13. The first-order valence-electron chi connectivity index (χ1n) is 5.56. The summed E-state index contributed by atoms with van der Waals surface area (Å²) in [5, 5.41) is 17.1. The van der Waals surface area contributed by atoms with Crippen molar-refractivity contribution >= 4 is 40.7 Å². The Morgan fingerprint density at radius 3 is 2.16 bits per heavy atom. The highest BCUT2D eigenvalue weighted by atomic mass is 35.5. The molecule has 0 saturated heterocycles. The number of esters is 1. The fourth-order valence-corrected chi connectivity index (χ4v) is 2.36. The fourth-order valence-electron chi connectivity index (χ4n) is 1.67. The third kappa shape index (κ3) is 3.09. The number of rotatable bonds is 5. The van der Waals surface area contributed by atoms with E-state index in [9.17, 15) is 14.7 Å². The molecule has 2 N–H and O–H groups in total. The quantitative estimate of drug-likeness (QED) is 0.269. The van der Waals surface area contributed by atoms with Gasteiger partial charge in [0.15, 0.2) is 5.78 Å². The molecule has 0 aromatic heterocycles. The van der Waals surface area contributed by atoms with E-state index in [1.807, 2.05) is 0 Å². The molecule has 0 amide bonds. The van der Waals surface area contributed by atoms with Gasteiger partial charge < -0.3 is 15.3 Å². The van der Waals surface area contributed by atoms with E-state index in [1.54, 1.807) is 6.92 Å².